The molecule has 0 N–H and O–H groups in total. The quantitative estimate of drug-likeness (QED) is 0.263. The van der Waals surface area contributed by atoms with E-state index in [9.17, 15) is 0 Å². The first-order chi connectivity index (χ1) is 17.4. The number of pyridine rings is 1. The van der Waals surface area contributed by atoms with Crippen LogP contribution >= 0.6 is 34.5 Å². The molecule has 1 aliphatic heterocycles. The third-order valence-electron chi connectivity index (χ3n) is 7.95. The van der Waals surface area contributed by atoms with E-state index in [-0.39, 0.29) is 5.41 Å². The largest absolute Gasteiger partial charge is 0.360 e. The van der Waals surface area contributed by atoms with Crippen LogP contribution < -0.4 is 4.90 Å². The maximum Gasteiger partial charge on any atom is 0.186 e. The van der Waals surface area contributed by atoms with Gasteiger partial charge in [-0.15, -0.1) is 0 Å². The van der Waals surface area contributed by atoms with Crippen molar-refractivity contribution in [3.05, 3.63) is 63.1 Å². The highest BCUT2D eigenvalue weighted by Crippen LogP contribution is 2.56. The van der Waals surface area contributed by atoms with Crippen molar-refractivity contribution in [1.29, 1.82) is 0 Å². The van der Waals surface area contributed by atoms with Crippen LogP contribution in [0.2, 0.25) is 10.0 Å². The lowest BCUT2D eigenvalue weighted by Crippen LogP contribution is -2.42. The van der Waals surface area contributed by atoms with Crippen molar-refractivity contribution in [3.8, 4) is 11.3 Å². The highest BCUT2D eigenvalue weighted by molar-refractivity contribution is 7.22. The minimum absolute atomic E-state index is 0.232. The van der Waals surface area contributed by atoms with E-state index in [0.717, 1.165) is 78.4 Å². The molecule has 4 heterocycles. The van der Waals surface area contributed by atoms with Gasteiger partial charge >= 0.3 is 0 Å². The van der Waals surface area contributed by atoms with E-state index in [0.29, 0.717) is 16.0 Å². The van der Waals surface area contributed by atoms with Crippen LogP contribution in [0.3, 0.4) is 0 Å². The molecule has 8 heteroatoms. The van der Waals surface area contributed by atoms with Crippen LogP contribution in [0.1, 0.15) is 60.5 Å². The summed E-state index contributed by atoms with van der Waals surface area (Å²) < 4.78 is 7.18. The molecule has 0 radical (unpaired) electrons. The summed E-state index contributed by atoms with van der Waals surface area (Å²) in [6.45, 7) is 6.36. The molecular weight excluding hydrogens is 511 g/mol. The fraction of sp³-hybridized carbons (Fsp3) is 0.393. The molecule has 0 atom stereocenters. The second-order valence-corrected chi connectivity index (χ2v) is 12.5. The van der Waals surface area contributed by atoms with E-state index < -0.39 is 0 Å². The Morgan fingerprint density at radius 1 is 1.06 bits per heavy atom. The summed E-state index contributed by atoms with van der Waals surface area (Å²) in [5.74, 6) is 1.44. The number of thiazole rings is 1. The van der Waals surface area contributed by atoms with Gasteiger partial charge < -0.3 is 9.42 Å². The Balaban J connectivity index is 1.16. The Morgan fingerprint density at radius 3 is 2.47 bits per heavy atom. The summed E-state index contributed by atoms with van der Waals surface area (Å²) in [7, 11) is 0. The lowest BCUT2D eigenvalue weighted by molar-refractivity contribution is 0.277. The van der Waals surface area contributed by atoms with Crippen LogP contribution in [0.25, 0.3) is 27.0 Å². The molecule has 1 spiro atoms. The Morgan fingerprint density at radius 2 is 1.78 bits per heavy atom. The molecule has 0 bridgehead atoms. The summed E-state index contributed by atoms with van der Waals surface area (Å²) in [5, 5.41) is 6.62. The number of aromatic nitrogens is 3. The van der Waals surface area contributed by atoms with Gasteiger partial charge in [0.25, 0.3) is 0 Å². The second-order valence-electron chi connectivity index (χ2n) is 10.6. The zero-order valence-corrected chi connectivity index (χ0v) is 22.6. The molecule has 36 heavy (non-hydrogen) atoms. The maximum absolute atomic E-state index is 6.51. The lowest BCUT2D eigenvalue weighted by atomic mass is 9.63. The highest BCUT2D eigenvalue weighted by atomic mass is 35.5. The monoisotopic (exact) mass is 536 g/mol. The zero-order chi connectivity index (χ0) is 24.6. The molecule has 7 rings (SSSR count). The van der Waals surface area contributed by atoms with Gasteiger partial charge in [0.15, 0.2) is 5.13 Å². The molecular formula is C28H26Cl2N4OS. The lowest BCUT2D eigenvalue weighted by Gasteiger charge is -2.46. The van der Waals surface area contributed by atoms with Crippen LogP contribution in [0.5, 0.6) is 0 Å². The van der Waals surface area contributed by atoms with Gasteiger partial charge in [-0.3, -0.25) is 4.98 Å². The second kappa shape index (κ2) is 8.30. The van der Waals surface area contributed by atoms with Gasteiger partial charge in [0.2, 0.25) is 0 Å². The Bertz CT molecular complexity index is 1520. The van der Waals surface area contributed by atoms with Crippen LogP contribution in [0.4, 0.5) is 5.13 Å². The SMILES string of the molecule is Cc1cc(C)c2nc(N3CCC4(C=C(c5c(-c6c(Cl)cncc6Cl)noc5C5CC5)C4)CC3)sc2c1. The molecule has 0 amide bonds. The van der Waals surface area contributed by atoms with Crippen molar-refractivity contribution in [1.82, 2.24) is 15.1 Å². The number of piperidine rings is 1. The molecule has 3 aliphatic rings. The summed E-state index contributed by atoms with van der Waals surface area (Å²) in [6.07, 6.45) is 11.3. The average molecular weight is 538 g/mol. The van der Waals surface area contributed by atoms with Gasteiger partial charge in [-0.1, -0.05) is 51.8 Å². The molecule has 1 aromatic carbocycles. The fourth-order valence-corrected chi connectivity index (χ4v) is 7.62. The van der Waals surface area contributed by atoms with Gasteiger partial charge in [0.1, 0.15) is 11.5 Å². The number of nitrogens with zero attached hydrogens (tertiary/aromatic N) is 4. The number of anilines is 1. The number of rotatable bonds is 4. The first-order valence-corrected chi connectivity index (χ1v) is 14.1. The molecule has 1 saturated carbocycles. The topological polar surface area (TPSA) is 55.1 Å². The van der Waals surface area contributed by atoms with Gasteiger partial charge in [-0.2, -0.15) is 0 Å². The summed E-state index contributed by atoms with van der Waals surface area (Å²) in [6, 6.07) is 4.48. The van der Waals surface area contributed by atoms with E-state index in [4.69, 9.17) is 32.7 Å². The Hall–Kier alpha value is -2.41. The van der Waals surface area contributed by atoms with E-state index in [1.165, 1.54) is 21.4 Å². The highest BCUT2D eigenvalue weighted by Gasteiger charge is 2.44. The number of allylic oxidation sites excluding steroid dienone is 2. The number of hydrogen-bond donors (Lipinski definition) is 0. The first kappa shape index (κ1) is 22.8. The van der Waals surface area contributed by atoms with Gasteiger partial charge in [0, 0.05) is 42.5 Å². The van der Waals surface area contributed by atoms with E-state index in [1.54, 1.807) is 12.4 Å². The minimum atomic E-state index is 0.232. The molecule has 3 aromatic heterocycles. The van der Waals surface area contributed by atoms with Crippen LogP contribution in [-0.4, -0.2) is 28.2 Å². The predicted octanol–water partition coefficient (Wildman–Crippen LogP) is 8.22. The smallest absolute Gasteiger partial charge is 0.186 e. The van der Waals surface area contributed by atoms with Crippen molar-refractivity contribution in [2.45, 2.75) is 51.9 Å². The number of hydrogen-bond acceptors (Lipinski definition) is 6. The first-order valence-electron chi connectivity index (χ1n) is 12.5. The Labute approximate surface area is 224 Å². The molecule has 2 aliphatic carbocycles. The van der Waals surface area contributed by atoms with Gasteiger partial charge in [-0.05, 0) is 74.1 Å². The van der Waals surface area contributed by atoms with Crippen LogP contribution in [0.15, 0.2) is 35.1 Å². The molecule has 2 fully saturated rings. The van der Waals surface area contributed by atoms with E-state index in [2.05, 4.69) is 47.1 Å². The molecule has 184 valence electrons. The number of fused-ring (bicyclic) bond motifs is 1. The van der Waals surface area contributed by atoms with Crippen molar-refractivity contribution >= 4 is 55.5 Å². The minimum Gasteiger partial charge on any atom is -0.360 e. The number of benzene rings is 1. The molecule has 0 unspecified atom stereocenters. The zero-order valence-electron chi connectivity index (χ0n) is 20.3. The fourth-order valence-electron chi connectivity index (χ4n) is 5.88. The van der Waals surface area contributed by atoms with E-state index in [1.807, 2.05) is 11.3 Å². The number of halogens is 2. The van der Waals surface area contributed by atoms with Gasteiger partial charge in [-0.25, -0.2) is 4.98 Å². The molecule has 4 aromatic rings. The summed E-state index contributed by atoms with van der Waals surface area (Å²) in [4.78, 5) is 11.6. The third-order valence-corrected chi connectivity index (χ3v) is 9.59. The average Bonchev–Trinajstić information content (AvgIpc) is 3.44. The van der Waals surface area contributed by atoms with Gasteiger partial charge in [0.05, 0.1) is 20.3 Å². The predicted molar refractivity (Wildman–Crippen MR) is 147 cm³/mol. The Kier molecular flexibility index (Phi) is 5.25. The van der Waals surface area contributed by atoms with Crippen LogP contribution in [-0.2, 0) is 0 Å². The summed E-state index contributed by atoms with van der Waals surface area (Å²) in [5.41, 5.74) is 7.84. The van der Waals surface area contributed by atoms with Crippen molar-refractivity contribution < 1.29 is 4.52 Å². The van der Waals surface area contributed by atoms with E-state index >= 15 is 0 Å². The van der Waals surface area contributed by atoms with Crippen molar-refractivity contribution in [2.24, 2.45) is 5.41 Å². The normalized spacial score (nSPS) is 19.1. The summed E-state index contributed by atoms with van der Waals surface area (Å²) >= 11 is 14.8. The number of aryl methyl sites for hydroxylation is 2. The standard InChI is InChI=1S/C28H26Cl2N4OS/c1-15-9-16(2)24-21(10-15)36-27(32-24)34-7-5-28(6-8-34)11-18(12-28)22-25(33-35-26(22)17-3-4-17)23-19(29)13-31-14-20(23)30/h9-11,13-14,17H,3-8,12H2,1-2H3. The molecule has 5 nitrogen and oxygen atoms in total. The van der Waals surface area contributed by atoms with Crippen molar-refractivity contribution in [3.63, 3.8) is 0 Å². The van der Waals surface area contributed by atoms with Crippen molar-refractivity contribution in [2.75, 3.05) is 18.0 Å². The maximum atomic E-state index is 6.51. The molecule has 1 saturated heterocycles. The van der Waals surface area contributed by atoms with Crippen LogP contribution in [0, 0.1) is 19.3 Å². The third kappa shape index (κ3) is 3.68.